The molecule has 9 heteroatoms. The molecule has 26 heavy (non-hydrogen) atoms. The van der Waals surface area contributed by atoms with Crippen LogP contribution in [0.3, 0.4) is 0 Å². The average molecular weight is 380 g/mol. The average Bonchev–Trinajstić information content (AvgIpc) is 3.28. The Bertz CT molecular complexity index is 707. The summed E-state index contributed by atoms with van der Waals surface area (Å²) in [6, 6.07) is -0.0633. The highest BCUT2D eigenvalue weighted by molar-refractivity contribution is 8.03. The van der Waals surface area contributed by atoms with Crippen LogP contribution in [0.2, 0.25) is 0 Å². The van der Waals surface area contributed by atoms with Gasteiger partial charge in [0.1, 0.15) is 11.5 Å². The number of carbonyl (C=O) groups is 2. The fourth-order valence-corrected chi connectivity index (χ4v) is 5.99. The first-order valence-electron chi connectivity index (χ1n) is 9.07. The van der Waals surface area contributed by atoms with Gasteiger partial charge in [-0.15, -0.1) is 11.8 Å². The van der Waals surface area contributed by atoms with Gasteiger partial charge in [-0.1, -0.05) is 6.92 Å². The molecule has 1 amide bonds. The number of aliphatic imine (C=N–C) groups is 1. The number of hydrogen-bond donors (Lipinski definition) is 4. The maximum Gasteiger partial charge on any atom is 0.353 e. The molecule has 0 radical (unpaired) electrons. The van der Waals surface area contributed by atoms with Crippen molar-refractivity contribution in [3.63, 3.8) is 0 Å². The summed E-state index contributed by atoms with van der Waals surface area (Å²) in [7, 11) is 0. The third kappa shape index (κ3) is 2.64. The van der Waals surface area contributed by atoms with Gasteiger partial charge in [0.05, 0.1) is 30.7 Å². The van der Waals surface area contributed by atoms with Gasteiger partial charge in [0.25, 0.3) is 0 Å². The van der Waals surface area contributed by atoms with E-state index in [1.165, 1.54) is 4.90 Å². The van der Waals surface area contributed by atoms with Crippen LogP contribution in [0.1, 0.15) is 20.3 Å². The Labute approximate surface area is 156 Å². The second-order valence-corrected chi connectivity index (χ2v) is 8.74. The van der Waals surface area contributed by atoms with Crippen LogP contribution in [0.25, 0.3) is 0 Å². The molecule has 8 nitrogen and oxygen atoms in total. The molecule has 0 bridgehead atoms. The maximum atomic E-state index is 12.4. The number of carboxylic acid groups (broad SMARTS) is 1. The quantitative estimate of drug-likeness (QED) is 0.480. The lowest BCUT2D eigenvalue weighted by atomic mass is 9.79. The summed E-state index contributed by atoms with van der Waals surface area (Å²) in [6.45, 7) is 6.00. The number of rotatable bonds is 5. The highest BCUT2D eigenvalue weighted by atomic mass is 32.2. The van der Waals surface area contributed by atoms with E-state index in [1.54, 1.807) is 18.7 Å². The number of β-lactam (4-membered cyclic amide) rings is 1. The second kappa shape index (κ2) is 6.54. The predicted molar refractivity (Wildman–Crippen MR) is 97.7 cm³/mol. The topological polar surface area (TPSA) is 114 Å². The van der Waals surface area contributed by atoms with Gasteiger partial charge in [-0.2, -0.15) is 0 Å². The number of carboxylic acids is 1. The van der Waals surface area contributed by atoms with Gasteiger partial charge in [0.2, 0.25) is 5.91 Å². The van der Waals surface area contributed by atoms with Crippen molar-refractivity contribution in [1.82, 2.24) is 15.5 Å². The molecule has 0 aromatic rings. The van der Waals surface area contributed by atoms with E-state index in [-0.39, 0.29) is 34.9 Å². The Balaban J connectivity index is 1.52. The number of hydrogen-bond acceptors (Lipinski definition) is 7. The molecule has 0 aromatic carbocycles. The molecule has 6 atom stereocenters. The molecule has 2 fully saturated rings. The zero-order valence-corrected chi connectivity index (χ0v) is 15.6. The van der Waals surface area contributed by atoms with E-state index >= 15 is 0 Å². The summed E-state index contributed by atoms with van der Waals surface area (Å²) in [5.41, 5.74) is 0.106. The highest BCUT2D eigenvalue weighted by Crippen LogP contribution is 2.51. The Morgan fingerprint density at radius 1 is 1.46 bits per heavy atom. The largest absolute Gasteiger partial charge is 0.477 e. The first kappa shape index (κ1) is 17.8. The number of aliphatic hydroxyl groups is 1. The van der Waals surface area contributed by atoms with E-state index in [0.29, 0.717) is 0 Å². The number of carbonyl (C=O) groups excluding carboxylic acids is 1. The van der Waals surface area contributed by atoms with Crippen molar-refractivity contribution in [2.24, 2.45) is 16.8 Å². The van der Waals surface area contributed by atoms with Crippen molar-refractivity contribution >= 4 is 29.5 Å². The minimum atomic E-state index is -1.07. The molecule has 142 valence electrons. The molecule has 4 heterocycles. The third-order valence-electron chi connectivity index (χ3n) is 5.73. The first-order chi connectivity index (χ1) is 12.4. The maximum absolute atomic E-state index is 12.4. The fraction of sp³-hybridized carbons (Fsp3) is 0.706. The number of amides is 1. The van der Waals surface area contributed by atoms with Gasteiger partial charge >= 0.3 is 5.97 Å². The van der Waals surface area contributed by atoms with E-state index in [0.717, 1.165) is 36.8 Å². The molecule has 1 unspecified atom stereocenters. The van der Waals surface area contributed by atoms with E-state index in [4.69, 9.17) is 0 Å². The van der Waals surface area contributed by atoms with Crippen molar-refractivity contribution in [3.8, 4) is 0 Å². The van der Waals surface area contributed by atoms with Gasteiger partial charge in [-0.25, -0.2) is 4.79 Å². The van der Waals surface area contributed by atoms with Crippen molar-refractivity contribution < 1.29 is 19.8 Å². The predicted octanol–water partition coefficient (Wildman–Crippen LogP) is -0.394. The number of nitrogens with one attached hydrogen (secondary N) is 2. The smallest absolute Gasteiger partial charge is 0.353 e. The van der Waals surface area contributed by atoms with Gasteiger partial charge in [-0.05, 0) is 13.3 Å². The van der Waals surface area contributed by atoms with E-state index in [2.05, 4.69) is 15.6 Å². The second-order valence-electron chi connectivity index (χ2n) is 7.40. The van der Waals surface area contributed by atoms with Gasteiger partial charge < -0.3 is 25.7 Å². The standard InChI is InChI=1S/C17H24N4O4S/c1-7-12-11(8(2)22)16(23)21(12)13(17(24)25)14(7)26-9-5-10(20-6-9)15-18-3-4-19-15/h7-12,20,22H,3-6H2,1-2H3,(H,18,19)(H,24,25)/t7-,8+,9?,10-,11+,12+/m0/s1. The fourth-order valence-electron chi connectivity index (χ4n) is 4.51. The van der Waals surface area contributed by atoms with E-state index < -0.39 is 18.0 Å². The summed E-state index contributed by atoms with van der Waals surface area (Å²) >= 11 is 1.56. The van der Waals surface area contributed by atoms with Crippen molar-refractivity contribution in [1.29, 1.82) is 0 Å². The molecule has 2 saturated heterocycles. The van der Waals surface area contributed by atoms with Crippen molar-refractivity contribution in [2.45, 2.75) is 43.7 Å². The Morgan fingerprint density at radius 3 is 2.85 bits per heavy atom. The monoisotopic (exact) mass is 380 g/mol. The van der Waals surface area contributed by atoms with Crippen LogP contribution in [0.15, 0.2) is 15.6 Å². The van der Waals surface area contributed by atoms with Gasteiger partial charge in [0, 0.05) is 29.2 Å². The van der Waals surface area contributed by atoms with E-state index in [1.807, 2.05) is 6.92 Å². The van der Waals surface area contributed by atoms with Crippen molar-refractivity contribution in [3.05, 3.63) is 10.6 Å². The highest BCUT2D eigenvalue weighted by Gasteiger charge is 2.60. The molecule has 0 aliphatic carbocycles. The van der Waals surface area contributed by atoms with E-state index in [9.17, 15) is 19.8 Å². The first-order valence-corrected chi connectivity index (χ1v) is 9.95. The van der Waals surface area contributed by atoms with Crippen LogP contribution in [0.4, 0.5) is 0 Å². The molecule has 4 N–H and O–H groups in total. The molecule has 4 aliphatic heterocycles. The molecule has 0 saturated carbocycles. The Hall–Kier alpha value is -1.58. The van der Waals surface area contributed by atoms with Gasteiger partial charge in [-0.3, -0.25) is 9.79 Å². The summed E-state index contributed by atoms with van der Waals surface area (Å²) in [5, 5.41) is 26.6. The molecule has 4 rings (SSSR count). The SMILES string of the molecule is C[C@@H]1C(SC2CN[C@H](C3=NCCN3)C2)=C(C(=O)O)N2C(=O)[C@H]([C@@H](C)O)[C@@H]12. The van der Waals surface area contributed by atoms with Crippen LogP contribution >= 0.6 is 11.8 Å². The molecule has 0 spiro atoms. The Kier molecular flexibility index (Phi) is 4.48. The van der Waals surface area contributed by atoms with Crippen LogP contribution < -0.4 is 10.6 Å². The molecular weight excluding hydrogens is 356 g/mol. The van der Waals surface area contributed by atoms with Crippen LogP contribution in [0, 0.1) is 11.8 Å². The number of nitrogens with zero attached hydrogens (tertiary/aromatic N) is 2. The van der Waals surface area contributed by atoms with Gasteiger partial charge in [0.15, 0.2) is 0 Å². The lowest BCUT2D eigenvalue weighted by Gasteiger charge is -2.46. The Morgan fingerprint density at radius 2 is 2.23 bits per heavy atom. The summed E-state index contributed by atoms with van der Waals surface area (Å²) in [4.78, 5) is 30.8. The van der Waals surface area contributed by atoms with Crippen LogP contribution in [0.5, 0.6) is 0 Å². The summed E-state index contributed by atoms with van der Waals surface area (Å²) in [5.74, 6) is -0.943. The molecule has 0 aromatic heterocycles. The lowest BCUT2D eigenvalue weighted by Crippen LogP contribution is -2.63. The zero-order chi connectivity index (χ0) is 18.6. The third-order valence-corrected chi connectivity index (χ3v) is 7.24. The van der Waals surface area contributed by atoms with Crippen molar-refractivity contribution in [2.75, 3.05) is 19.6 Å². The molecule has 4 aliphatic rings. The molecular formula is C17H24N4O4S. The number of aliphatic carboxylic acids is 1. The zero-order valence-electron chi connectivity index (χ0n) is 14.8. The normalized spacial score (nSPS) is 37.3. The van der Waals surface area contributed by atoms with Crippen LogP contribution in [-0.4, -0.2) is 75.9 Å². The summed E-state index contributed by atoms with van der Waals surface area (Å²) in [6.07, 6.45) is 0.104. The van der Waals surface area contributed by atoms with Crippen LogP contribution in [-0.2, 0) is 9.59 Å². The number of thioether (sulfide) groups is 1. The number of aliphatic hydroxyl groups excluding tert-OH is 1. The number of fused-ring (bicyclic) bond motifs is 1. The minimum Gasteiger partial charge on any atom is -0.477 e. The minimum absolute atomic E-state index is 0.0793. The lowest BCUT2D eigenvalue weighted by molar-refractivity contribution is -0.163. The number of amidine groups is 1. The summed E-state index contributed by atoms with van der Waals surface area (Å²) < 4.78 is 0.